The van der Waals surface area contributed by atoms with Gasteiger partial charge in [0.2, 0.25) is 5.91 Å². The van der Waals surface area contributed by atoms with Crippen LogP contribution in [0.3, 0.4) is 0 Å². The molecule has 1 saturated heterocycles. The molecule has 1 heterocycles. The number of carbonyl (C=O) groups is 2. The maximum Gasteiger partial charge on any atom is 0.319 e. The van der Waals surface area contributed by atoms with Gasteiger partial charge < -0.3 is 10.0 Å². The fourth-order valence-electron chi connectivity index (χ4n) is 2.14. The lowest BCUT2D eigenvalue weighted by Crippen LogP contribution is -2.50. The highest BCUT2D eigenvalue weighted by Gasteiger charge is 2.59. The maximum absolute atomic E-state index is 12.1. The molecule has 0 radical (unpaired) electrons. The third-order valence-electron chi connectivity index (χ3n) is 3.28. The Morgan fingerprint density at radius 1 is 1.31 bits per heavy atom. The predicted molar refractivity (Wildman–Crippen MR) is 62.4 cm³/mol. The number of hydrogen-bond donors (Lipinski definition) is 1. The summed E-state index contributed by atoms with van der Waals surface area (Å²) in [4.78, 5) is 25.0. The first kappa shape index (κ1) is 11.8. The molecule has 0 aromatic carbocycles. The van der Waals surface area contributed by atoms with Crippen LogP contribution in [0.4, 0.5) is 0 Å². The molecule has 0 aromatic heterocycles. The zero-order valence-corrected chi connectivity index (χ0v) is 10.5. The van der Waals surface area contributed by atoms with Crippen molar-refractivity contribution >= 4 is 23.6 Å². The first-order valence-corrected chi connectivity index (χ1v) is 6.53. The summed E-state index contributed by atoms with van der Waals surface area (Å²) < 4.78 is 0.0441. The molecule has 0 unspecified atom stereocenters. The summed E-state index contributed by atoms with van der Waals surface area (Å²) in [6, 6.07) is 0. The van der Waals surface area contributed by atoms with Gasteiger partial charge in [0.05, 0.1) is 0 Å². The summed E-state index contributed by atoms with van der Waals surface area (Å²) >= 11 is 1.84. The van der Waals surface area contributed by atoms with E-state index < -0.39 is 11.4 Å². The zero-order valence-electron chi connectivity index (χ0n) is 9.65. The van der Waals surface area contributed by atoms with Crippen LogP contribution in [0, 0.1) is 5.41 Å². The fraction of sp³-hybridized carbons (Fsp3) is 0.818. The Kier molecular flexibility index (Phi) is 2.69. The van der Waals surface area contributed by atoms with Crippen molar-refractivity contribution in [3.63, 3.8) is 0 Å². The largest absolute Gasteiger partial charge is 0.480 e. The van der Waals surface area contributed by atoms with Gasteiger partial charge in [0, 0.05) is 23.6 Å². The summed E-state index contributed by atoms with van der Waals surface area (Å²) in [6.45, 7) is 5.53. The molecule has 1 amide bonds. The maximum atomic E-state index is 12.1. The average Bonchev–Trinajstić information content (AvgIpc) is 2.95. The molecular weight excluding hydrogens is 226 g/mol. The number of rotatable bonds is 2. The Balaban J connectivity index is 2.08. The molecule has 2 fully saturated rings. The van der Waals surface area contributed by atoms with E-state index >= 15 is 0 Å². The first-order valence-electron chi connectivity index (χ1n) is 5.54. The highest BCUT2D eigenvalue weighted by Crippen LogP contribution is 2.48. The topological polar surface area (TPSA) is 57.6 Å². The van der Waals surface area contributed by atoms with Gasteiger partial charge in [0.15, 0.2) is 0 Å². The van der Waals surface area contributed by atoms with Gasteiger partial charge in [-0.25, -0.2) is 0 Å². The first-order chi connectivity index (χ1) is 7.37. The third kappa shape index (κ3) is 1.93. The molecule has 1 N–H and O–H groups in total. The van der Waals surface area contributed by atoms with Crippen LogP contribution in [0.25, 0.3) is 0 Å². The van der Waals surface area contributed by atoms with E-state index in [0.29, 0.717) is 25.9 Å². The summed E-state index contributed by atoms with van der Waals surface area (Å²) in [5.74, 6) is -0.226. The second kappa shape index (κ2) is 3.65. The molecule has 5 heteroatoms. The number of carboxylic acids is 1. The number of thioether (sulfide) groups is 1. The Morgan fingerprint density at radius 3 is 2.38 bits per heavy atom. The molecule has 4 nitrogen and oxygen atoms in total. The van der Waals surface area contributed by atoms with E-state index in [1.807, 2.05) is 11.8 Å². The minimum absolute atomic E-state index is 0.0441. The molecule has 0 atom stereocenters. The second-order valence-electron chi connectivity index (χ2n) is 5.22. The smallest absolute Gasteiger partial charge is 0.319 e. The van der Waals surface area contributed by atoms with Gasteiger partial charge in [-0.1, -0.05) is 0 Å². The Bertz CT molecular complexity index is 336. The molecule has 2 aliphatic rings. The van der Waals surface area contributed by atoms with Crippen molar-refractivity contribution in [3.05, 3.63) is 0 Å². The number of hydrogen-bond acceptors (Lipinski definition) is 3. The molecular formula is C11H17NO3S. The van der Waals surface area contributed by atoms with Gasteiger partial charge in [0.25, 0.3) is 0 Å². The van der Waals surface area contributed by atoms with Crippen LogP contribution in [-0.2, 0) is 9.59 Å². The van der Waals surface area contributed by atoms with Gasteiger partial charge in [-0.3, -0.25) is 9.59 Å². The quantitative estimate of drug-likeness (QED) is 0.741. The van der Waals surface area contributed by atoms with E-state index in [1.54, 1.807) is 4.90 Å². The van der Waals surface area contributed by atoms with Gasteiger partial charge in [-0.2, -0.15) is 11.8 Å². The third-order valence-corrected chi connectivity index (χ3v) is 4.58. The van der Waals surface area contributed by atoms with Crippen molar-refractivity contribution in [3.8, 4) is 0 Å². The average molecular weight is 243 g/mol. The van der Waals surface area contributed by atoms with Crippen molar-refractivity contribution in [2.24, 2.45) is 5.41 Å². The molecule has 1 saturated carbocycles. The SMILES string of the molecule is CC1(C)CN(C(=O)C2(C(=O)O)CC2)CCS1. The predicted octanol–water partition coefficient (Wildman–Crippen LogP) is 1.21. The molecule has 2 rings (SSSR count). The van der Waals surface area contributed by atoms with Crippen LogP contribution in [0.2, 0.25) is 0 Å². The zero-order chi connectivity index (χ0) is 12.0. The van der Waals surface area contributed by atoms with Crippen molar-refractivity contribution in [1.29, 1.82) is 0 Å². The van der Waals surface area contributed by atoms with Crippen LogP contribution in [0.15, 0.2) is 0 Å². The van der Waals surface area contributed by atoms with E-state index in [4.69, 9.17) is 5.11 Å². The Morgan fingerprint density at radius 2 is 1.94 bits per heavy atom. The number of amides is 1. The molecule has 0 aromatic rings. The van der Waals surface area contributed by atoms with Crippen LogP contribution >= 0.6 is 11.8 Å². The molecule has 1 aliphatic carbocycles. The molecule has 0 bridgehead atoms. The summed E-state index contributed by atoms with van der Waals surface area (Å²) in [5, 5.41) is 9.08. The standard InChI is InChI=1S/C11H17NO3S/c1-10(2)7-12(5-6-16-10)8(13)11(3-4-11)9(14)15/h3-7H2,1-2H3,(H,14,15). The number of carbonyl (C=O) groups excluding carboxylic acids is 1. The van der Waals surface area contributed by atoms with E-state index in [0.717, 1.165) is 5.75 Å². The van der Waals surface area contributed by atoms with Crippen molar-refractivity contribution in [2.75, 3.05) is 18.8 Å². The van der Waals surface area contributed by atoms with Gasteiger partial charge in [0.1, 0.15) is 5.41 Å². The summed E-state index contributed by atoms with van der Waals surface area (Å²) in [7, 11) is 0. The normalized spacial score (nSPS) is 26.2. The van der Waals surface area contributed by atoms with E-state index in [1.165, 1.54) is 0 Å². The van der Waals surface area contributed by atoms with Gasteiger partial charge in [-0.05, 0) is 26.7 Å². The number of nitrogens with zero attached hydrogens (tertiary/aromatic N) is 1. The lowest BCUT2D eigenvalue weighted by Gasteiger charge is -2.38. The second-order valence-corrected chi connectivity index (χ2v) is 7.02. The monoisotopic (exact) mass is 243 g/mol. The Labute approximate surface area is 99.4 Å². The number of aliphatic carboxylic acids is 1. The molecule has 90 valence electrons. The number of carboxylic acid groups (broad SMARTS) is 1. The fourth-order valence-corrected chi connectivity index (χ4v) is 3.25. The lowest BCUT2D eigenvalue weighted by molar-refractivity contribution is -0.153. The van der Waals surface area contributed by atoms with Crippen LogP contribution in [0.5, 0.6) is 0 Å². The summed E-state index contributed by atoms with van der Waals surface area (Å²) in [5.41, 5.74) is -1.07. The van der Waals surface area contributed by atoms with Crippen molar-refractivity contribution < 1.29 is 14.7 Å². The van der Waals surface area contributed by atoms with Crippen molar-refractivity contribution in [2.45, 2.75) is 31.4 Å². The van der Waals surface area contributed by atoms with Crippen LogP contribution < -0.4 is 0 Å². The Hall–Kier alpha value is -0.710. The van der Waals surface area contributed by atoms with Crippen LogP contribution in [0.1, 0.15) is 26.7 Å². The van der Waals surface area contributed by atoms with E-state index in [-0.39, 0.29) is 10.7 Å². The molecule has 16 heavy (non-hydrogen) atoms. The molecule has 1 aliphatic heterocycles. The van der Waals surface area contributed by atoms with Gasteiger partial charge in [-0.15, -0.1) is 0 Å². The highest BCUT2D eigenvalue weighted by molar-refractivity contribution is 8.00. The molecule has 0 spiro atoms. The minimum atomic E-state index is -1.07. The minimum Gasteiger partial charge on any atom is -0.480 e. The van der Waals surface area contributed by atoms with E-state index in [2.05, 4.69) is 13.8 Å². The van der Waals surface area contributed by atoms with E-state index in [9.17, 15) is 9.59 Å². The highest BCUT2D eigenvalue weighted by atomic mass is 32.2. The van der Waals surface area contributed by atoms with Gasteiger partial charge >= 0.3 is 5.97 Å². The van der Waals surface area contributed by atoms with Crippen molar-refractivity contribution in [1.82, 2.24) is 4.90 Å². The lowest BCUT2D eigenvalue weighted by atomic mass is 10.0. The van der Waals surface area contributed by atoms with Crippen LogP contribution in [-0.4, -0.2) is 45.5 Å². The summed E-state index contributed by atoms with van der Waals surface area (Å²) in [6.07, 6.45) is 1.01.